The van der Waals surface area contributed by atoms with Gasteiger partial charge in [-0.3, -0.25) is 9.97 Å². The molecule has 92 valence electrons. The van der Waals surface area contributed by atoms with Crippen molar-refractivity contribution < 1.29 is 9.47 Å². The third kappa shape index (κ3) is 2.48. The molecule has 17 heavy (non-hydrogen) atoms. The van der Waals surface area contributed by atoms with Gasteiger partial charge in [0, 0.05) is 43.6 Å². The molecule has 4 heteroatoms. The van der Waals surface area contributed by atoms with Crippen molar-refractivity contribution in [3.8, 4) is 0 Å². The normalized spacial score (nSPS) is 27.4. The summed E-state index contributed by atoms with van der Waals surface area (Å²) in [5.41, 5.74) is 1.41. The zero-order chi connectivity index (χ0) is 11.6. The minimum atomic E-state index is 0.310. The Hall–Kier alpha value is -1.00. The molecule has 0 bridgehead atoms. The zero-order valence-corrected chi connectivity index (χ0v) is 9.97. The SMILES string of the molecule is c1cnc(CC2CC3(CCOCC3)CO2)cn1. The van der Waals surface area contributed by atoms with Gasteiger partial charge < -0.3 is 9.47 Å². The van der Waals surface area contributed by atoms with Crippen molar-refractivity contribution in [1.82, 2.24) is 9.97 Å². The molecular weight excluding hydrogens is 216 g/mol. The number of hydrogen-bond donors (Lipinski definition) is 0. The van der Waals surface area contributed by atoms with E-state index in [0.29, 0.717) is 11.5 Å². The fourth-order valence-corrected chi connectivity index (χ4v) is 2.85. The highest BCUT2D eigenvalue weighted by molar-refractivity contribution is 5.00. The molecular formula is C13H18N2O2. The van der Waals surface area contributed by atoms with Crippen LogP contribution >= 0.6 is 0 Å². The number of rotatable bonds is 2. The smallest absolute Gasteiger partial charge is 0.0637 e. The lowest BCUT2D eigenvalue weighted by Gasteiger charge is -2.31. The van der Waals surface area contributed by atoms with Crippen LogP contribution in [0.4, 0.5) is 0 Å². The molecule has 1 unspecified atom stereocenters. The van der Waals surface area contributed by atoms with Crippen LogP contribution in [0.5, 0.6) is 0 Å². The van der Waals surface area contributed by atoms with E-state index in [1.54, 1.807) is 12.4 Å². The van der Waals surface area contributed by atoms with E-state index in [4.69, 9.17) is 9.47 Å². The summed E-state index contributed by atoms with van der Waals surface area (Å²) < 4.78 is 11.4. The first-order valence-electron chi connectivity index (χ1n) is 6.31. The van der Waals surface area contributed by atoms with Gasteiger partial charge in [0.05, 0.1) is 18.4 Å². The highest BCUT2D eigenvalue weighted by Crippen LogP contribution is 2.41. The molecule has 1 aromatic rings. The van der Waals surface area contributed by atoms with Crippen molar-refractivity contribution >= 4 is 0 Å². The maximum Gasteiger partial charge on any atom is 0.0637 e. The summed E-state index contributed by atoms with van der Waals surface area (Å²) in [7, 11) is 0. The Morgan fingerprint density at radius 3 is 2.94 bits per heavy atom. The predicted molar refractivity (Wildman–Crippen MR) is 62.6 cm³/mol. The molecule has 3 rings (SSSR count). The van der Waals surface area contributed by atoms with E-state index in [1.807, 2.05) is 6.20 Å². The van der Waals surface area contributed by atoms with E-state index < -0.39 is 0 Å². The third-order valence-electron chi connectivity index (χ3n) is 3.89. The first kappa shape index (κ1) is 11.1. The summed E-state index contributed by atoms with van der Waals surface area (Å²) in [5.74, 6) is 0. The summed E-state index contributed by atoms with van der Waals surface area (Å²) in [5, 5.41) is 0. The van der Waals surface area contributed by atoms with E-state index in [9.17, 15) is 0 Å². The Morgan fingerprint density at radius 2 is 2.18 bits per heavy atom. The van der Waals surface area contributed by atoms with Crippen LogP contribution in [0.1, 0.15) is 25.0 Å². The molecule has 3 heterocycles. The van der Waals surface area contributed by atoms with Crippen LogP contribution in [0, 0.1) is 5.41 Å². The van der Waals surface area contributed by atoms with Crippen molar-refractivity contribution in [2.75, 3.05) is 19.8 Å². The average molecular weight is 234 g/mol. The zero-order valence-electron chi connectivity index (χ0n) is 9.97. The van der Waals surface area contributed by atoms with Crippen LogP contribution in [-0.4, -0.2) is 35.9 Å². The molecule has 0 saturated carbocycles. The molecule has 0 amide bonds. The summed E-state index contributed by atoms with van der Waals surface area (Å²) in [6.07, 6.45) is 9.91. The van der Waals surface area contributed by atoms with Crippen LogP contribution in [-0.2, 0) is 15.9 Å². The summed E-state index contributed by atoms with van der Waals surface area (Å²) in [6, 6.07) is 0. The number of hydrogen-bond acceptors (Lipinski definition) is 4. The van der Waals surface area contributed by atoms with Crippen molar-refractivity contribution in [2.45, 2.75) is 31.8 Å². The van der Waals surface area contributed by atoms with Crippen LogP contribution in [0.3, 0.4) is 0 Å². The minimum absolute atomic E-state index is 0.310. The molecule has 0 aromatic carbocycles. The van der Waals surface area contributed by atoms with E-state index in [-0.39, 0.29) is 0 Å². The first-order valence-corrected chi connectivity index (χ1v) is 6.31. The highest BCUT2D eigenvalue weighted by atomic mass is 16.5. The summed E-state index contributed by atoms with van der Waals surface area (Å²) in [6.45, 7) is 2.67. The van der Waals surface area contributed by atoms with E-state index in [2.05, 4.69) is 9.97 Å². The summed E-state index contributed by atoms with van der Waals surface area (Å²) >= 11 is 0. The quantitative estimate of drug-likeness (QED) is 0.779. The molecule has 2 aliphatic heterocycles. The Labute approximate surface area is 101 Å². The largest absolute Gasteiger partial charge is 0.381 e. The maximum atomic E-state index is 5.93. The second-order valence-corrected chi connectivity index (χ2v) is 5.15. The third-order valence-corrected chi connectivity index (χ3v) is 3.89. The van der Waals surface area contributed by atoms with Gasteiger partial charge >= 0.3 is 0 Å². The van der Waals surface area contributed by atoms with Gasteiger partial charge in [0.25, 0.3) is 0 Å². The fourth-order valence-electron chi connectivity index (χ4n) is 2.85. The molecule has 1 spiro atoms. The number of aromatic nitrogens is 2. The van der Waals surface area contributed by atoms with Crippen LogP contribution in [0.25, 0.3) is 0 Å². The molecule has 0 N–H and O–H groups in total. The van der Waals surface area contributed by atoms with Crippen molar-refractivity contribution in [1.29, 1.82) is 0 Å². The molecule has 0 radical (unpaired) electrons. The van der Waals surface area contributed by atoms with Crippen LogP contribution in [0.2, 0.25) is 0 Å². The van der Waals surface area contributed by atoms with E-state index >= 15 is 0 Å². The van der Waals surface area contributed by atoms with E-state index in [0.717, 1.165) is 51.2 Å². The number of nitrogens with zero attached hydrogens (tertiary/aromatic N) is 2. The lowest BCUT2D eigenvalue weighted by atomic mass is 9.78. The first-order chi connectivity index (χ1) is 8.36. The average Bonchev–Trinajstić information content (AvgIpc) is 2.74. The number of ether oxygens (including phenoxy) is 2. The molecule has 2 aliphatic rings. The van der Waals surface area contributed by atoms with Gasteiger partial charge in [0.1, 0.15) is 0 Å². The molecule has 0 aliphatic carbocycles. The topological polar surface area (TPSA) is 44.2 Å². The molecule has 2 fully saturated rings. The lowest BCUT2D eigenvalue weighted by Crippen LogP contribution is -2.30. The molecule has 4 nitrogen and oxygen atoms in total. The predicted octanol–water partition coefficient (Wildman–Crippen LogP) is 1.60. The molecule has 2 saturated heterocycles. The van der Waals surface area contributed by atoms with Gasteiger partial charge in [-0.15, -0.1) is 0 Å². The lowest BCUT2D eigenvalue weighted by molar-refractivity contribution is 0.00696. The van der Waals surface area contributed by atoms with Gasteiger partial charge in [-0.05, 0) is 19.3 Å². The van der Waals surface area contributed by atoms with Gasteiger partial charge in [-0.25, -0.2) is 0 Å². The van der Waals surface area contributed by atoms with Gasteiger partial charge in [-0.1, -0.05) is 0 Å². The van der Waals surface area contributed by atoms with Crippen molar-refractivity contribution in [3.63, 3.8) is 0 Å². The Balaban J connectivity index is 1.60. The van der Waals surface area contributed by atoms with Gasteiger partial charge in [0.15, 0.2) is 0 Å². The van der Waals surface area contributed by atoms with Crippen LogP contribution < -0.4 is 0 Å². The van der Waals surface area contributed by atoms with Gasteiger partial charge in [0.2, 0.25) is 0 Å². The van der Waals surface area contributed by atoms with Crippen molar-refractivity contribution in [3.05, 3.63) is 24.3 Å². The highest BCUT2D eigenvalue weighted by Gasteiger charge is 2.41. The van der Waals surface area contributed by atoms with Crippen molar-refractivity contribution in [2.24, 2.45) is 5.41 Å². The minimum Gasteiger partial charge on any atom is -0.381 e. The molecule has 1 aromatic heterocycles. The Kier molecular flexibility index (Phi) is 3.07. The standard InChI is InChI=1S/C13H18N2O2/c1-5-16-6-2-13(1)8-12(17-10-13)7-11-9-14-3-4-15-11/h3-4,9,12H,1-2,5-8,10H2. The summed E-state index contributed by atoms with van der Waals surface area (Å²) in [4.78, 5) is 8.40. The Bertz CT molecular complexity index is 363. The monoisotopic (exact) mass is 234 g/mol. The second kappa shape index (κ2) is 4.70. The molecule has 1 atom stereocenters. The fraction of sp³-hybridized carbons (Fsp3) is 0.692. The second-order valence-electron chi connectivity index (χ2n) is 5.15. The van der Waals surface area contributed by atoms with Gasteiger partial charge in [-0.2, -0.15) is 0 Å². The van der Waals surface area contributed by atoms with E-state index in [1.165, 1.54) is 0 Å². The maximum absolute atomic E-state index is 5.93. The van der Waals surface area contributed by atoms with Crippen LogP contribution in [0.15, 0.2) is 18.6 Å². The Morgan fingerprint density at radius 1 is 1.29 bits per heavy atom.